The van der Waals surface area contributed by atoms with Gasteiger partial charge in [0.05, 0.1) is 28.6 Å². The maximum absolute atomic E-state index is 6.00. The zero-order valence-electron chi connectivity index (χ0n) is 10.7. The van der Waals surface area contributed by atoms with Gasteiger partial charge in [0, 0.05) is 17.0 Å². The fourth-order valence-corrected chi connectivity index (χ4v) is 2.53. The number of pyridine rings is 1. The molecule has 0 atom stereocenters. The van der Waals surface area contributed by atoms with Crippen LogP contribution < -0.4 is 5.73 Å². The van der Waals surface area contributed by atoms with E-state index in [-0.39, 0.29) is 0 Å². The normalized spacial score (nSPS) is 11.2. The van der Waals surface area contributed by atoms with Crippen LogP contribution in [0.2, 0.25) is 0 Å². The molecule has 4 aromatic rings. The highest BCUT2D eigenvalue weighted by Crippen LogP contribution is 2.26. The average molecular weight is 260 g/mol. The lowest BCUT2D eigenvalue weighted by Crippen LogP contribution is -1.99. The summed E-state index contributed by atoms with van der Waals surface area (Å²) in [5.41, 5.74) is 9.55. The summed E-state index contributed by atoms with van der Waals surface area (Å²) in [4.78, 5) is 4.37. The number of benzene rings is 2. The first-order valence-electron chi connectivity index (χ1n) is 6.41. The van der Waals surface area contributed by atoms with E-state index in [9.17, 15) is 0 Å². The number of nitrogen functional groups attached to an aromatic ring is 1. The van der Waals surface area contributed by atoms with E-state index in [0.717, 1.165) is 27.5 Å². The Morgan fingerprint density at radius 3 is 2.80 bits per heavy atom. The van der Waals surface area contributed by atoms with Crippen LogP contribution in [0.1, 0.15) is 0 Å². The van der Waals surface area contributed by atoms with E-state index in [0.29, 0.717) is 5.69 Å². The second-order valence-corrected chi connectivity index (χ2v) is 4.69. The number of fused-ring (bicyclic) bond motifs is 2. The lowest BCUT2D eigenvalue weighted by molar-refractivity contribution is 0.916. The first kappa shape index (κ1) is 11.0. The highest BCUT2D eigenvalue weighted by atomic mass is 15.3. The Balaban J connectivity index is 2.10. The van der Waals surface area contributed by atoms with E-state index in [4.69, 9.17) is 5.73 Å². The van der Waals surface area contributed by atoms with E-state index in [1.54, 1.807) is 6.20 Å². The van der Waals surface area contributed by atoms with Gasteiger partial charge >= 0.3 is 0 Å². The van der Waals surface area contributed by atoms with Crippen molar-refractivity contribution in [1.82, 2.24) is 14.8 Å². The molecule has 0 aliphatic rings. The molecule has 4 heteroatoms. The van der Waals surface area contributed by atoms with Crippen LogP contribution in [0.5, 0.6) is 0 Å². The third-order valence-corrected chi connectivity index (χ3v) is 3.48. The smallest absolute Gasteiger partial charge is 0.0952 e. The van der Waals surface area contributed by atoms with Crippen molar-refractivity contribution < 1.29 is 0 Å². The molecule has 0 saturated heterocycles. The average Bonchev–Trinajstić information content (AvgIpc) is 2.91. The molecular formula is C16H12N4. The minimum Gasteiger partial charge on any atom is -0.397 e. The Morgan fingerprint density at radius 1 is 0.950 bits per heavy atom. The summed E-state index contributed by atoms with van der Waals surface area (Å²) >= 11 is 0. The molecule has 0 amide bonds. The van der Waals surface area contributed by atoms with E-state index in [1.807, 2.05) is 47.3 Å². The Labute approximate surface area is 115 Å². The largest absolute Gasteiger partial charge is 0.397 e. The standard InChI is InChI=1S/C16H12N4/c17-13-6-3-5-12-15(8-9-18-16(12)13)20-14-7-2-1-4-11(14)10-19-20/h1-10H,17H2. The van der Waals surface area contributed by atoms with Crippen LogP contribution in [0.3, 0.4) is 0 Å². The Bertz CT molecular complexity index is 924. The molecular weight excluding hydrogens is 248 g/mol. The molecule has 0 bridgehead atoms. The summed E-state index contributed by atoms with van der Waals surface area (Å²) in [7, 11) is 0. The molecule has 0 fully saturated rings. The number of anilines is 1. The Kier molecular flexibility index (Phi) is 2.23. The Morgan fingerprint density at radius 2 is 1.85 bits per heavy atom. The molecule has 0 aliphatic heterocycles. The number of para-hydroxylation sites is 2. The highest BCUT2D eigenvalue weighted by Gasteiger charge is 2.09. The van der Waals surface area contributed by atoms with Crippen molar-refractivity contribution in [2.45, 2.75) is 0 Å². The van der Waals surface area contributed by atoms with Gasteiger partial charge in [-0.25, -0.2) is 4.68 Å². The topological polar surface area (TPSA) is 56.7 Å². The summed E-state index contributed by atoms with van der Waals surface area (Å²) < 4.78 is 1.93. The summed E-state index contributed by atoms with van der Waals surface area (Å²) in [5.74, 6) is 0. The van der Waals surface area contributed by atoms with E-state index in [2.05, 4.69) is 22.2 Å². The molecule has 0 radical (unpaired) electrons. The van der Waals surface area contributed by atoms with Gasteiger partial charge in [0.25, 0.3) is 0 Å². The lowest BCUT2D eigenvalue weighted by atomic mass is 10.1. The number of rotatable bonds is 1. The zero-order chi connectivity index (χ0) is 13.5. The lowest BCUT2D eigenvalue weighted by Gasteiger charge is -2.08. The van der Waals surface area contributed by atoms with Crippen molar-refractivity contribution in [1.29, 1.82) is 0 Å². The molecule has 0 saturated carbocycles. The van der Waals surface area contributed by atoms with Gasteiger partial charge in [-0.05, 0) is 18.2 Å². The van der Waals surface area contributed by atoms with E-state index < -0.39 is 0 Å². The second kappa shape index (κ2) is 4.06. The van der Waals surface area contributed by atoms with Gasteiger partial charge in [-0.2, -0.15) is 5.10 Å². The summed E-state index contributed by atoms with van der Waals surface area (Å²) in [6.07, 6.45) is 3.64. The summed E-state index contributed by atoms with van der Waals surface area (Å²) in [5, 5.41) is 6.61. The fourth-order valence-electron chi connectivity index (χ4n) is 2.53. The predicted octanol–water partition coefficient (Wildman–Crippen LogP) is 3.16. The van der Waals surface area contributed by atoms with Crippen molar-refractivity contribution in [2.24, 2.45) is 0 Å². The van der Waals surface area contributed by atoms with Gasteiger partial charge in [0.2, 0.25) is 0 Å². The Hall–Kier alpha value is -2.88. The monoisotopic (exact) mass is 260 g/mol. The molecule has 20 heavy (non-hydrogen) atoms. The van der Waals surface area contributed by atoms with Crippen LogP contribution in [0.4, 0.5) is 5.69 Å². The van der Waals surface area contributed by atoms with Gasteiger partial charge in [-0.1, -0.05) is 30.3 Å². The molecule has 2 N–H and O–H groups in total. The van der Waals surface area contributed by atoms with E-state index >= 15 is 0 Å². The van der Waals surface area contributed by atoms with Gasteiger partial charge in [-0.3, -0.25) is 4.98 Å². The van der Waals surface area contributed by atoms with Crippen LogP contribution in [-0.4, -0.2) is 14.8 Å². The molecule has 0 aliphatic carbocycles. The van der Waals surface area contributed by atoms with Gasteiger partial charge in [0.15, 0.2) is 0 Å². The maximum Gasteiger partial charge on any atom is 0.0952 e. The quantitative estimate of drug-likeness (QED) is 0.535. The van der Waals surface area contributed by atoms with Crippen molar-refractivity contribution in [3.05, 3.63) is 60.9 Å². The number of hydrogen-bond acceptors (Lipinski definition) is 3. The van der Waals surface area contributed by atoms with Gasteiger partial charge in [-0.15, -0.1) is 0 Å². The molecule has 4 nitrogen and oxygen atoms in total. The second-order valence-electron chi connectivity index (χ2n) is 4.69. The van der Waals surface area contributed by atoms with Gasteiger partial charge in [0.1, 0.15) is 0 Å². The van der Waals surface area contributed by atoms with E-state index in [1.165, 1.54) is 0 Å². The van der Waals surface area contributed by atoms with Gasteiger partial charge < -0.3 is 5.73 Å². The summed E-state index contributed by atoms with van der Waals surface area (Å²) in [6, 6.07) is 15.9. The third-order valence-electron chi connectivity index (χ3n) is 3.48. The van der Waals surface area contributed by atoms with Crippen LogP contribution >= 0.6 is 0 Å². The summed E-state index contributed by atoms with van der Waals surface area (Å²) in [6.45, 7) is 0. The number of nitrogens with zero attached hydrogens (tertiary/aromatic N) is 3. The molecule has 2 aromatic heterocycles. The van der Waals surface area contributed by atoms with Crippen LogP contribution in [0.15, 0.2) is 60.9 Å². The minimum absolute atomic E-state index is 0.681. The molecule has 2 heterocycles. The van der Waals surface area contributed by atoms with Crippen LogP contribution in [0.25, 0.3) is 27.5 Å². The van der Waals surface area contributed by atoms with Crippen LogP contribution in [-0.2, 0) is 0 Å². The number of aromatic nitrogens is 3. The van der Waals surface area contributed by atoms with Crippen LogP contribution in [0, 0.1) is 0 Å². The molecule has 4 rings (SSSR count). The highest BCUT2D eigenvalue weighted by molar-refractivity contribution is 5.96. The first-order valence-corrected chi connectivity index (χ1v) is 6.41. The molecule has 0 spiro atoms. The third kappa shape index (κ3) is 1.48. The first-order chi connectivity index (χ1) is 9.84. The van der Waals surface area contributed by atoms with Crippen molar-refractivity contribution in [3.8, 4) is 5.69 Å². The predicted molar refractivity (Wildman–Crippen MR) is 80.8 cm³/mol. The van der Waals surface area contributed by atoms with Crippen molar-refractivity contribution in [3.63, 3.8) is 0 Å². The van der Waals surface area contributed by atoms with Crippen molar-refractivity contribution >= 4 is 27.5 Å². The number of hydrogen-bond donors (Lipinski definition) is 1. The zero-order valence-corrected chi connectivity index (χ0v) is 10.7. The number of nitrogens with two attached hydrogens (primary N) is 1. The fraction of sp³-hybridized carbons (Fsp3) is 0. The molecule has 2 aromatic carbocycles. The van der Waals surface area contributed by atoms with Crippen molar-refractivity contribution in [2.75, 3.05) is 5.73 Å². The SMILES string of the molecule is Nc1cccc2c(-n3ncc4ccccc43)ccnc12. The minimum atomic E-state index is 0.681. The maximum atomic E-state index is 6.00. The molecule has 0 unspecified atom stereocenters. The molecule has 96 valence electrons.